The summed E-state index contributed by atoms with van der Waals surface area (Å²) in [5.41, 5.74) is 2.86. The van der Waals surface area contributed by atoms with Crippen LogP contribution in [-0.4, -0.2) is 67.5 Å². The van der Waals surface area contributed by atoms with E-state index < -0.39 is 0 Å². The Labute approximate surface area is 168 Å². The van der Waals surface area contributed by atoms with Crippen LogP contribution in [0.4, 0.5) is 17.2 Å². The van der Waals surface area contributed by atoms with Crippen molar-refractivity contribution in [3.8, 4) is 0 Å². The number of nitrogens with one attached hydrogen (secondary N) is 1. The lowest BCUT2D eigenvalue weighted by molar-refractivity contribution is 0.0793. The maximum absolute atomic E-state index is 12.4. The van der Waals surface area contributed by atoms with E-state index in [0.717, 1.165) is 57.1 Å². The highest BCUT2D eigenvalue weighted by atomic mass is 16.2. The number of anilines is 3. The first kappa shape index (κ1) is 20.1. The minimum absolute atomic E-state index is 0.0176. The molecule has 0 saturated carbocycles. The zero-order valence-corrected chi connectivity index (χ0v) is 17.2. The van der Waals surface area contributed by atoms with E-state index in [0.29, 0.717) is 5.56 Å². The number of pyridine rings is 1. The molecule has 0 unspecified atom stereocenters. The molecule has 2 aromatic rings. The van der Waals surface area contributed by atoms with Crippen LogP contribution in [0.1, 0.15) is 30.1 Å². The molecule has 1 N–H and O–H groups in total. The van der Waals surface area contributed by atoms with Crippen molar-refractivity contribution < 1.29 is 4.79 Å². The molecule has 6 nitrogen and oxygen atoms in total. The van der Waals surface area contributed by atoms with E-state index in [2.05, 4.69) is 58.3 Å². The molecule has 1 saturated heterocycles. The predicted octanol–water partition coefficient (Wildman–Crippen LogP) is 3.45. The number of piperazine rings is 1. The second kappa shape index (κ2) is 9.55. The van der Waals surface area contributed by atoms with Gasteiger partial charge in [0.2, 0.25) is 0 Å². The number of benzene rings is 1. The molecule has 0 radical (unpaired) electrons. The number of rotatable bonds is 7. The van der Waals surface area contributed by atoms with Crippen molar-refractivity contribution in [2.24, 2.45) is 0 Å². The Morgan fingerprint density at radius 2 is 1.82 bits per heavy atom. The van der Waals surface area contributed by atoms with E-state index in [1.807, 2.05) is 19.2 Å². The Hall–Kier alpha value is -2.60. The molecule has 0 aliphatic carbocycles. The van der Waals surface area contributed by atoms with Gasteiger partial charge in [-0.3, -0.25) is 4.79 Å². The van der Waals surface area contributed by atoms with Crippen LogP contribution in [0.25, 0.3) is 0 Å². The average Bonchev–Trinajstić information content (AvgIpc) is 2.73. The molecule has 0 bridgehead atoms. The number of aromatic nitrogens is 1. The highest BCUT2D eigenvalue weighted by molar-refractivity contribution is 5.94. The zero-order valence-electron chi connectivity index (χ0n) is 17.2. The minimum atomic E-state index is 0.0176. The van der Waals surface area contributed by atoms with Gasteiger partial charge < -0.3 is 20.0 Å². The number of hydrogen-bond donors (Lipinski definition) is 1. The van der Waals surface area contributed by atoms with Gasteiger partial charge in [0.25, 0.3) is 5.91 Å². The zero-order chi connectivity index (χ0) is 19.9. The van der Waals surface area contributed by atoms with Gasteiger partial charge in [0, 0.05) is 57.3 Å². The fraction of sp³-hybridized carbons (Fsp3) is 0.455. The highest BCUT2D eigenvalue weighted by Crippen LogP contribution is 2.21. The lowest BCUT2D eigenvalue weighted by Crippen LogP contribution is -2.44. The van der Waals surface area contributed by atoms with E-state index >= 15 is 0 Å². The van der Waals surface area contributed by atoms with E-state index in [4.69, 9.17) is 0 Å². The summed E-state index contributed by atoms with van der Waals surface area (Å²) in [6.07, 6.45) is 3.73. The van der Waals surface area contributed by atoms with Gasteiger partial charge in [0.1, 0.15) is 5.82 Å². The number of carbonyl (C=O) groups excluding carboxylic acids is 1. The molecule has 3 rings (SSSR count). The molecule has 1 fully saturated rings. The number of likely N-dealkylation sites (N-methyl/N-ethyl adjacent to an activating group) is 1. The van der Waals surface area contributed by atoms with E-state index in [9.17, 15) is 4.79 Å². The molecule has 6 heteroatoms. The van der Waals surface area contributed by atoms with Crippen molar-refractivity contribution in [3.05, 3.63) is 48.2 Å². The SMILES string of the molecule is CCCCN(C)C(=O)c1ccc(Nc2ccc(N3CCN(C)CC3)cc2)nc1. The Balaban J connectivity index is 1.57. The number of unbranched alkanes of at least 4 members (excludes halogenated alkanes) is 1. The standard InChI is InChI=1S/C22H31N5O/c1-4-5-12-26(3)22(28)18-6-11-21(23-17-18)24-19-7-9-20(10-8-19)27-15-13-25(2)14-16-27/h6-11,17H,4-5,12-16H2,1-3H3,(H,23,24). The molecule has 0 atom stereocenters. The van der Waals surface area contributed by atoms with Gasteiger partial charge in [-0.05, 0) is 49.9 Å². The normalized spacial score (nSPS) is 14.8. The van der Waals surface area contributed by atoms with Gasteiger partial charge in [0.05, 0.1) is 5.56 Å². The smallest absolute Gasteiger partial charge is 0.255 e. The quantitative estimate of drug-likeness (QED) is 0.796. The summed E-state index contributed by atoms with van der Waals surface area (Å²) in [5, 5.41) is 3.31. The van der Waals surface area contributed by atoms with Gasteiger partial charge >= 0.3 is 0 Å². The topological polar surface area (TPSA) is 51.7 Å². The molecular formula is C22H31N5O. The third kappa shape index (κ3) is 5.23. The minimum Gasteiger partial charge on any atom is -0.369 e. The first-order valence-electron chi connectivity index (χ1n) is 10.1. The molecule has 1 aromatic carbocycles. The Kier molecular flexibility index (Phi) is 6.87. The first-order chi connectivity index (χ1) is 13.6. The summed E-state index contributed by atoms with van der Waals surface area (Å²) in [6.45, 7) is 7.22. The van der Waals surface area contributed by atoms with Crippen LogP contribution in [-0.2, 0) is 0 Å². The molecule has 1 aliphatic heterocycles. The van der Waals surface area contributed by atoms with E-state index in [1.54, 1.807) is 11.1 Å². The van der Waals surface area contributed by atoms with Crippen molar-refractivity contribution in [1.29, 1.82) is 0 Å². The van der Waals surface area contributed by atoms with Crippen molar-refractivity contribution in [3.63, 3.8) is 0 Å². The second-order valence-corrected chi connectivity index (χ2v) is 7.47. The fourth-order valence-corrected chi connectivity index (χ4v) is 3.28. The lowest BCUT2D eigenvalue weighted by Gasteiger charge is -2.34. The van der Waals surface area contributed by atoms with E-state index in [1.165, 1.54) is 5.69 Å². The van der Waals surface area contributed by atoms with Crippen LogP contribution in [0.5, 0.6) is 0 Å². The van der Waals surface area contributed by atoms with E-state index in [-0.39, 0.29) is 5.91 Å². The van der Waals surface area contributed by atoms with Crippen LogP contribution in [0.15, 0.2) is 42.6 Å². The second-order valence-electron chi connectivity index (χ2n) is 7.47. The van der Waals surface area contributed by atoms with Crippen LogP contribution < -0.4 is 10.2 Å². The fourth-order valence-electron chi connectivity index (χ4n) is 3.28. The van der Waals surface area contributed by atoms with Crippen LogP contribution in [0.3, 0.4) is 0 Å². The van der Waals surface area contributed by atoms with Crippen molar-refractivity contribution in [2.45, 2.75) is 19.8 Å². The summed E-state index contributed by atoms with van der Waals surface area (Å²) in [4.78, 5) is 23.3. The largest absolute Gasteiger partial charge is 0.369 e. The van der Waals surface area contributed by atoms with Gasteiger partial charge in [-0.2, -0.15) is 0 Å². The summed E-state index contributed by atoms with van der Waals surface area (Å²) in [5.74, 6) is 0.754. The summed E-state index contributed by atoms with van der Waals surface area (Å²) in [6, 6.07) is 12.1. The van der Waals surface area contributed by atoms with Gasteiger partial charge in [-0.15, -0.1) is 0 Å². The van der Waals surface area contributed by atoms with Gasteiger partial charge in [-0.25, -0.2) is 4.98 Å². The summed E-state index contributed by atoms with van der Waals surface area (Å²) in [7, 11) is 4.01. The van der Waals surface area contributed by atoms with Crippen molar-refractivity contribution >= 4 is 23.1 Å². The Morgan fingerprint density at radius 1 is 1.11 bits per heavy atom. The number of nitrogens with zero attached hydrogens (tertiary/aromatic N) is 4. The molecular weight excluding hydrogens is 350 g/mol. The van der Waals surface area contributed by atoms with Gasteiger partial charge in [0.15, 0.2) is 0 Å². The molecule has 28 heavy (non-hydrogen) atoms. The van der Waals surface area contributed by atoms with Crippen molar-refractivity contribution in [1.82, 2.24) is 14.8 Å². The monoisotopic (exact) mass is 381 g/mol. The Morgan fingerprint density at radius 3 is 2.43 bits per heavy atom. The van der Waals surface area contributed by atoms with Crippen molar-refractivity contribution in [2.75, 3.05) is 57.0 Å². The number of amides is 1. The molecule has 2 heterocycles. The third-order valence-electron chi connectivity index (χ3n) is 5.21. The average molecular weight is 382 g/mol. The molecule has 1 amide bonds. The predicted molar refractivity (Wildman–Crippen MR) is 116 cm³/mol. The molecule has 1 aliphatic rings. The van der Waals surface area contributed by atoms with Crippen LogP contribution in [0.2, 0.25) is 0 Å². The molecule has 150 valence electrons. The lowest BCUT2D eigenvalue weighted by atomic mass is 10.2. The maximum atomic E-state index is 12.4. The van der Waals surface area contributed by atoms with Gasteiger partial charge in [-0.1, -0.05) is 13.3 Å². The Bertz CT molecular complexity index is 752. The molecule has 1 aromatic heterocycles. The summed E-state index contributed by atoms with van der Waals surface area (Å²) < 4.78 is 0. The molecule has 0 spiro atoms. The summed E-state index contributed by atoms with van der Waals surface area (Å²) >= 11 is 0. The number of carbonyl (C=O) groups is 1. The third-order valence-corrected chi connectivity index (χ3v) is 5.21. The maximum Gasteiger partial charge on any atom is 0.255 e. The van der Waals surface area contributed by atoms with Crippen LogP contribution >= 0.6 is 0 Å². The highest BCUT2D eigenvalue weighted by Gasteiger charge is 2.14. The van der Waals surface area contributed by atoms with Crippen LogP contribution in [0, 0.1) is 0 Å². The number of hydrogen-bond acceptors (Lipinski definition) is 5. The first-order valence-corrected chi connectivity index (χ1v) is 10.1.